The highest BCUT2D eigenvalue weighted by Gasteiger charge is 2.09. The van der Waals surface area contributed by atoms with Gasteiger partial charge < -0.3 is 10.6 Å². The number of hydrogen-bond acceptors (Lipinski definition) is 3. The van der Waals surface area contributed by atoms with E-state index in [1.807, 2.05) is 30.3 Å². The predicted molar refractivity (Wildman–Crippen MR) is 96.0 cm³/mol. The topological polar surface area (TPSA) is 54.0 Å². The summed E-state index contributed by atoms with van der Waals surface area (Å²) in [5.41, 5.74) is 3.33. The minimum atomic E-state index is -0.181. The van der Waals surface area contributed by atoms with Gasteiger partial charge in [0.05, 0.1) is 11.9 Å². The fraction of sp³-hybridized carbons (Fsp3) is 0.368. The van der Waals surface area contributed by atoms with Crippen LogP contribution in [0.4, 0.5) is 11.4 Å². The molecule has 0 aliphatic heterocycles. The molecule has 0 bridgehead atoms. The molecule has 4 nitrogen and oxygen atoms in total. The lowest BCUT2D eigenvalue weighted by molar-refractivity contribution is 0.102. The standard InChI is InChI=1S/C19H25N3O/c1-4-15-7-5-6-8-17(15)22-19(23)18-10-9-16(13-21-18)20-12-11-14(2)3/h5-10,13-14,20H,4,11-12H2,1-3H3,(H,22,23). The van der Waals surface area contributed by atoms with Gasteiger partial charge in [0.15, 0.2) is 0 Å². The zero-order valence-corrected chi connectivity index (χ0v) is 14.1. The highest BCUT2D eigenvalue weighted by molar-refractivity contribution is 6.03. The highest BCUT2D eigenvalue weighted by Crippen LogP contribution is 2.16. The average Bonchev–Trinajstić information content (AvgIpc) is 2.55. The first-order valence-corrected chi connectivity index (χ1v) is 8.19. The average molecular weight is 311 g/mol. The molecule has 1 aromatic carbocycles. The van der Waals surface area contributed by atoms with Crippen molar-refractivity contribution in [3.8, 4) is 0 Å². The van der Waals surface area contributed by atoms with Crippen molar-refractivity contribution >= 4 is 17.3 Å². The zero-order chi connectivity index (χ0) is 16.7. The largest absolute Gasteiger partial charge is 0.384 e. The van der Waals surface area contributed by atoms with Crippen LogP contribution in [0.15, 0.2) is 42.6 Å². The van der Waals surface area contributed by atoms with Crippen LogP contribution in [0.5, 0.6) is 0 Å². The van der Waals surface area contributed by atoms with Gasteiger partial charge in [0.1, 0.15) is 5.69 Å². The van der Waals surface area contributed by atoms with Gasteiger partial charge in [-0.15, -0.1) is 0 Å². The molecule has 2 N–H and O–H groups in total. The number of nitrogens with one attached hydrogen (secondary N) is 2. The second-order valence-electron chi connectivity index (χ2n) is 6.01. The number of carbonyl (C=O) groups is 1. The Hall–Kier alpha value is -2.36. The molecule has 0 saturated carbocycles. The van der Waals surface area contributed by atoms with Gasteiger partial charge in [-0.25, -0.2) is 4.98 Å². The van der Waals surface area contributed by atoms with Gasteiger partial charge in [-0.05, 0) is 42.5 Å². The maximum absolute atomic E-state index is 12.3. The number of nitrogens with zero attached hydrogens (tertiary/aromatic N) is 1. The number of para-hydroxylation sites is 1. The Balaban J connectivity index is 1.97. The number of pyridine rings is 1. The number of amides is 1. The van der Waals surface area contributed by atoms with Crippen molar-refractivity contribution in [2.75, 3.05) is 17.2 Å². The van der Waals surface area contributed by atoms with Crippen LogP contribution in [0.3, 0.4) is 0 Å². The Labute approximate surface area is 138 Å². The minimum absolute atomic E-state index is 0.181. The van der Waals surface area contributed by atoms with Crippen LogP contribution in [0.2, 0.25) is 0 Å². The van der Waals surface area contributed by atoms with Crippen LogP contribution in [0, 0.1) is 5.92 Å². The summed E-state index contributed by atoms with van der Waals surface area (Å²) in [7, 11) is 0. The molecule has 0 saturated heterocycles. The molecule has 0 aliphatic carbocycles. The first kappa shape index (κ1) is 17.0. The third-order valence-electron chi connectivity index (χ3n) is 3.69. The lowest BCUT2D eigenvalue weighted by Gasteiger charge is -2.10. The summed E-state index contributed by atoms with van der Waals surface area (Å²) >= 11 is 0. The summed E-state index contributed by atoms with van der Waals surface area (Å²) < 4.78 is 0. The van der Waals surface area contributed by atoms with Crippen molar-refractivity contribution in [1.82, 2.24) is 4.98 Å². The first-order valence-electron chi connectivity index (χ1n) is 8.19. The van der Waals surface area contributed by atoms with Gasteiger partial charge in [-0.2, -0.15) is 0 Å². The fourth-order valence-corrected chi connectivity index (χ4v) is 2.27. The number of rotatable bonds is 7. The number of hydrogen-bond donors (Lipinski definition) is 2. The third kappa shape index (κ3) is 5.09. The summed E-state index contributed by atoms with van der Waals surface area (Å²) in [6.07, 6.45) is 3.69. The van der Waals surface area contributed by atoms with Gasteiger partial charge >= 0.3 is 0 Å². The smallest absolute Gasteiger partial charge is 0.274 e. The van der Waals surface area contributed by atoms with E-state index in [0.717, 1.165) is 36.3 Å². The Bertz CT molecular complexity index is 635. The van der Waals surface area contributed by atoms with Crippen LogP contribution < -0.4 is 10.6 Å². The molecular weight excluding hydrogens is 286 g/mol. The number of aryl methyl sites for hydroxylation is 1. The molecule has 0 unspecified atom stereocenters. The molecule has 1 heterocycles. The van der Waals surface area contributed by atoms with E-state index in [1.54, 1.807) is 12.3 Å². The normalized spacial score (nSPS) is 10.6. The van der Waals surface area contributed by atoms with Gasteiger partial charge in [0, 0.05) is 12.2 Å². The molecule has 2 rings (SSSR count). The van der Waals surface area contributed by atoms with Crippen molar-refractivity contribution < 1.29 is 4.79 Å². The SMILES string of the molecule is CCc1ccccc1NC(=O)c1ccc(NCCC(C)C)cn1. The Kier molecular flexibility index (Phi) is 6.15. The summed E-state index contributed by atoms with van der Waals surface area (Å²) in [5.74, 6) is 0.485. The molecule has 0 radical (unpaired) electrons. The van der Waals surface area contributed by atoms with Crippen LogP contribution in [0.1, 0.15) is 43.2 Å². The lowest BCUT2D eigenvalue weighted by atomic mass is 10.1. The Morgan fingerprint density at radius 2 is 1.96 bits per heavy atom. The zero-order valence-electron chi connectivity index (χ0n) is 14.1. The number of benzene rings is 1. The molecule has 4 heteroatoms. The van der Waals surface area contributed by atoms with E-state index in [9.17, 15) is 4.79 Å². The quantitative estimate of drug-likeness (QED) is 0.799. The molecule has 1 amide bonds. The van der Waals surface area contributed by atoms with Crippen molar-refractivity contribution in [3.05, 3.63) is 53.9 Å². The van der Waals surface area contributed by atoms with Gasteiger partial charge in [0.25, 0.3) is 5.91 Å². The molecule has 0 aliphatic rings. The molecule has 122 valence electrons. The molecule has 0 spiro atoms. The van der Waals surface area contributed by atoms with Crippen LogP contribution in [0.25, 0.3) is 0 Å². The van der Waals surface area contributed by atoms with Crippen molar-refractivity contribution in [2.45, 2.75) is 33.6 Å². The predicted octanol–water partition coefficient (Wildman–Crippen LogP) is 4.35. The van der Waals surface area contributed by atoms with E-state index in [4.69, 9.17) is 0 Å². The van der Waals surface area contributed by atoms with Crippen molar-refractivity contribution in [3.63, 3.8) is 0 Å². The number of anilines is 2. The maximum atomic E-state index is 12.3. The fourth-order valence-electron chi connectivity index (χ4n) is 2.27. The summed E-state index contributed by atoms with van der Waals surface area (Å²) in [6.45, 7) is 7.37. The first-order chi connectivity index (χ1) is 11.1. The van der Waals surface area contributed by atoms with Gasteiger partial charge in [0.2, 0.25) is 0 Å². The van der Waals surface area contributed by atoms with Crippen molar-refractivity contribution in [2.24, 2.45) is 5.92 Å². The van der Waals surface area contributed by atoms with E-state index in [1.165, 1.54) is 0 Å². The molecule has 0 atom stereocenters. The Morgan fingerprint density at radius 1 is 1.17 bits per heavy atom. The van der Waals surface area contributed by atoms with Crippen LogP contribution in [-0.4, -0.2) is 17.4 Å². The van der Waals surface area contributed by atoms with E-state index >= 15 is 0 Å². The molecule has 23 heavy (non-hydrogen) atoms. The summed E-state index contributed by atoms with van der Waals surface area (Å²) in [6, 6.07) is 11.5. The second kappa shape index (κ2) is 8.32. The lowest BCUT2D eigenvalue weighted by Crippen LogP contribution is -2.15. The summed E-state index contributed by atoms with van der Waals surface area (Å²) in [4.78, 5) is 16.6. The number of aromatic nitrogens is 1. The number of carbonyl (C=O) groups excluding carboxylic acids is 1. The van der Waals surface area contributed by atoms with E-state index in [-0.39, 0.29) is 5.91 Å². The van der Waals surface area contributed by atoms with E-state index < -0.39 is 0 Å². The summed E-state index contributed by atoms with van der Waals surface area (Å²) in [5, 5.41) is 6.25. The molecule has 2 aromatic rings. The van der Waals surface area contributed by atoms with E-state index in [2.05, 4.69) is 36.4 Å². The van der Waals surface area contributed by atoms with E-state index in [0.29, 0.717) is 11.6 Å². The van der Waals surface area contributed by atoms with Crippen LogP contribution in [-0.2, 0) is 6.42 Å². The maximum Gasteiger partial charge on any atom is 0.274 e. The molecule has 0 fully saturated rings. The Morgan fingerprint density at radius 3 is 2.61 bits per heavy atom. The van der Waals surface area contributed by atoms with Crippen LogP contribution >= 0.6 is 0 Å². The highest BCUT2D eigenvalue weighted by atomic mass is 16.1. The minimum Gasteiger partial charge on any atom is -0.384 e. The molecular formula is C19H25N3O. The second-order valence-corrected chi connectivity index (χ2v) is 6.01. The van der Waals surface area contributed by atoms with Crippen molar-refractivity contribution in [1.29, 1.82) is 0 Å². The van der Waals surface area contributed by atoms with Gasteiger partial charge in [-0.3, -0.25) is 4.79 Å². The third-order valence-corrected chi connectivity index (χ3v) is 3.69. The van der Waals surface area contributed by atoms with Gasteiger partial charge in [-0.1, -0.05) is 39.0 Å². The molecule has 1 aromatic heterocycles. The monoisotopic (exact) mass is 311 g/mol.